The number of nitrogens with zero attached hydrogens (tertiary/aromatic N) is 2. The van der Waals surface area contributed by atoms with Gasteiger partial charge in [0.25, 0.3) is 0 Å². The fourth-order valence-corrected chi connectivity index (χ4v) is 1.41. The summed E-state index contributed by atoms with van der Waals surface area (Å²) in [5, 5.41) is 5.17. The Labute approximate surface area is 72.6 Å². The second-order valence-electron chi connectivity index (χ2n) is 3.03. The lowest BCUT2D eigenvalue weighted by atomic mass is 9.99. The molecule has 2 aromatic rings. The van der Waals surface area contributed by atoms with Gasteiger partial charge in [-0.3, -0.25) is 4.68 Å². The molecule has 0 bridgehead atoms. The summed E-state index contributed by atoms with van der Waals surface area (Å²) >= 11 is 0. The van der Waals surface area contributed by atoms with E-state index in [0.717, 1.165) is 10.9 Å². The molecule has 0 saturated carbocycles. The first-order valence-electron chi connectivity index (χ1n) is 3.87. The molecule has 0 amide bonds. The van der Waals surface area contributed by atoms with Gasteiger partial charge in [0.1, 0.15) is 7.85 Å². The molecular formula is C9H9BN2. The Morgan fingerprint density at radius 2 is 2.17 bits per heavy atom. The van der Waals surface area contributed by atoms with Crippen LogP contribution in [0.5, 0.6) is 0 Å². The van der Waals surface area contributed by atoms with Crippen molar-refractivity contribution in [3.8, 4) is 0 Å². The Kier molecular flexibility index (Phi) is 1.46. The predicted octanol–water partition coefficient (Wildman–Crippen LogP) is 0.676. The van der Waals surface area contributed by atoms with Crippen LogP contribution < -0.4 is 5.59 Å². The quantitative estimate of drug-likeness (QED) is 0.512. The van der Waals surface area contributed by atoms with Gasteiger partial charge in [0.2, 0.25) is 0 Å². The van der Waals surface area contributed by atoms with Crippen LogP contribution in [-0.4, -0.2) is 17.6 Å². The molecule has 0 saturated heterocycles. The topological polar surface area (TPSA) is 17.8 Å². The molecule has 1 aromatic heterocycles. The van der Waals surface area contributed by atoms with Crippen LogP contribution in [0.1, 0.15) is 5.56 Å². The molecule has 0 spiro atoms. The zero-order valence-electron chi connectivity index (χ0n) is 7.20. The highest BCUT2D eigenvalue weighted by atomic mass is 15.3. The Balaban J connectivity index is 2.90. The standard InChI is InChI=1S/C9H9BN2/c1-6-3-4-8-7(5-6)9(10)11-12(8)2/h3-5H,1-2H3. The number of aryl methyl sites for hydroxylation is 2. The zero-order valence-corrected chi connectivity index (χ0v) is 7.20. The van der Waals surface area contributed by atoms with E-state index in [1.54, 1.807) is 4.68 Å². The van der Waals surface area contributed by atoms with Crippen molar-refractivity contribution in [3.05, 3.63) is 23.8 Å². The van der Waals surface area contributed by atoms with E-state index in [2.05, 4.69) is 17.2 Å². The second kappa shape index (κ2) is 2.37. The van der Waals surface area contributed by atoms with Crippen molar-refractivity contribution in [2.75, 3.05) is 0 Å². The van der Waals surface area contributed by atoms with Gasteiger partial charge in [-0.15, -0.1) is 0 Å². The molecule has 12 heavy (non-hydrogen) atoms. The summed E-state index contributed by atoms with van der Waals surface area (Å²) in [5.41, 5.74) is 2.90. The van der Waals surface area contributed by atoms with E-state index in [4.69, 9.17) is 7.85 Å². The fraction of sp³-hybridized carbons (Fsp3) is 0.222. The second-order valence-corrected chi connectivity index (χ2v) is 3.03. The largest absolute Gasteiger partial charge is 0.269 e. The maximum atomic E-state index is 5.71. The molecule has 58 valence electrons. The van der Waals surface area contributed by atoms with E-state index in [9.17, 15) is 0 Å². The minimum Gasteiger partial charge on any atom is -0.269 e. The zero-order chi connectivity index (χ0) is 8.72. The van der Waals surface area contributed by atoms with Crippen molar-refractivity contribution < 1.29 is 0 Å². The van der Waals surface area contributed by atoms with Crippen LogP contribution in [0.4, 0.5) is 0 Å². The molecule has 0 unspecified atom stereocenters. The van der Waals surface area contributed by atoms with Crippen molar-refractivity contribution in [1.29, 1.82) is 0 Å². The predicted molar refractivity (Wildman–Crippen MR) is 50.8 cm³/mol. The number of hydrogen-bond donors (Lipinski definition) is 0. The number of hydrogen-bond acceptors (Lipinski definition) is 1. The van der Waals surface area contributed by atoms with Gasteiger partial charge in [-0.25, -0.2) is 0 Å². The summed E-state index contributed by atoms with van der Waals surface area (Å²) in [6, 6.07) is 6.15. The molecule has 0 aliphatic carbocycles. The highest BCUT2D eigenvalue weighted by molar-refractivity contribution is 6.37. The molecular weight excluding hydrogens is 147 g/mol. The maximum Gasteiger partial charge on any atom is 0.145 e. The number of benzene rings is 1. The van der Waals surface area contributed by atoms with Crippen LogP contribution in [0.3, 0.4) is 0 Å². The number of fused-ring (bicyclic) bond motifs is 1. The summed E-state index contributed by atoms with van der Waals surface area (Å²) in [5.74, 6) is 0. The van der Waals surface area contributed by atoms with Crippen molar-refractivity contribution in [1.82, 2.24) is 9.78 Å². The normalized spacial score (nSPS) is 10.8. The Bertz CT molecular complexity index is 431. The van der Waals surface area contributed by atoms with E-state index in [0.29, 0.717) is 5.59 Å². The summed E-state index contributed by atoms with van der Waals surface area (Å²) in [4.78, 5) is 0. The smallest absolute Gasteiger partial charge is 0.145 e. The average molecular weight is 156 g/mol. The van der Waals surface area contributed by atoms with Crippen molar-refractivity contribution in [2.45, 2.75) is 6.92 Å². The Morgan fingerprint density at radius 3 is 2.92 bits per heavy atom. The minimum atomic E-state index is 0.608. The molecule has 0 atom stereocenters. The SMILES string of the molecule is [B]c1nn(C)c2ccc(C)cc12. The summed E-state index contributed by atoms with van der Waals surface area (Å²) in [7, 11) is 7.61. The van der Waals surface area contributed by atoms with Crippen LogP contribution >= 0.6 is 0 Å². The first-order chi connectivity index (χ1) is 5.68. The number of rotatable bonds is 0. The van der Waals surface area contributed by atoms with E-state index in [1.807, 2.05) is 20.0 Å². The fourth-order valence-electron chi connectivity index (χ4n) is 1.41. The monoisotopic (exact) mass is 156 g/mol. The maximum absolute atomic E-state index is 5.71. The number of aromatic nitrogens is 2. The third-order valence-electron chi connectivity index (χ3n) is 2.03. The van der Waals surface area contributed by atoms with Gasteiger partial charge >= 0.3 is 0 Å². The highest BCUT2D eigenvalue weighted by Gasteiger charge is 2.02. The van der Waals surface area contributed by atoms with Crippen LogP contribution in [-0.2, 0) is 7.05 Å². The molecule has 0 fully saturated rings. The van der Waals surface area contributed by atoms with E-state index < -0.39 is 0 Å². The molecule has 2 rings (SSSR count). The molecule has 0 aliphatic rings. The van der Waals surface area contributed by atoms with Crippen LogP contribution in [0, 0.1) is 6.92 Å². The lowest BCUT2D eigenvalue weighted by Gasteiger charge is -1.94. The van der Waals surface area contributed by atoms with E-state index in [1.165, 1.54) is 5.56 Å². The van der Waals surface area contributed by atoms with E-state index >= 15 is 0 Å². The summed E-state index contributed by atoms with van der Waals surface area (Å²) in [6.45, 7) is 2.05. The Hall–Kier alpha value is -1.25. The van der Waals surface area contributed by atoms with Gasteiger partial charge in [-0.1, -0.05) is 11.6 Å². The highest BCUT2D eigenvalue weighted by Crippen LogP contribution is 2.11. The van der Waals surface area contributed by atoms with Gasteiger partial charge < -0.3 is 0 Å². The molecule has 3 heteroatoms. The van der Waals surface area contributed by atoms with E-state index in [-0.39, 0.29) is 0 Å². The van der Waals surface area contributed by atoms with Crippen molar-refractivity contribution in [2.24, 2.45) is 7.05 Å². The van der Waals surface area contributed by atoms with Gasteiger partial charge in [-0.05, 0) is 19.1 Å². The van der Waals surface area contributed by atoms with Crippen LogP contribution in [0.25, 0.3) is 10.9 Å². The summed E-state index contributed by atoms with van der Waals surface area (Å²) in [6.07, 6.45) is 0. The Morgan fingerprint density at radius 1 is 1.42 bits per heavy atom. The van der Waals surface area contributed by atoms with Gasteiger partial charge in [0, 0.05) is 18.0 Å². The molecule has 1 aromatic carbocycles. The summed E-state index contributed by atoms with van der Waals surface area (Å²) < 4.78 is 1.80. The average Bonchev–Trinajstić information content (AvgIpc) is 2.28. The lowest BCUT2D eigenvalue weighted by molar-refractivity contribution is 0.807. The van der Waals surface area contributed by atoms with Crippen molar-refractivity contribution >= 4 is 24.3 Å². The van der Waals surface area contributed by atoms with Gasteiger partial charge in [-0.2, -0.15) is 5.10 Å². The first kappa shape index (κ1) is 7.41. The third-order valence-corrected chi connectivity index (χ3v) is 2.03. The first-order valence-corrected chi connectivity index (χ1v) is 3.87. The van der Waals surface area contributed by atoms with Gasteiger partial charge in [0.15, 0.2) is 0 Å². The van der Waals surface area contributed by atoms with Crippen LogP contribution in [0.15, 0.2) is 18.2 Å². The van der Waals surface area contributed by atoms with Crippen molar-refractivity contribution in [3.63, 3.8) is 0 Å². The molecule has 1 heterocycles. The molecule has 0 aliphatic heterocycles. The van der Waals surface area contributed by atoms with Crippen LogP contribution in [0.2, 0.25) is 0 Å². The minimum absolute atomic E-state index is 0.608. The molecule has 0 N–H and O–H groups in total. The van der Waals surface area contributed by atoms with Gasteiger partial charge in [0.05, 0.1) is 5.52 Å². The lowest BCUT2D eigenvalue weighted by Crippen LogP contribution is -2.05. The molecule has 2 radical (unpaired) electrons. The third kappa shape index (κ3) is 0.933. The molecule has 2 nitrogen and oxygen atoms in total.